The predicted octanol–water partition coefficient (Wildman–Crippen LogP) is 3.94. The average Bonchev–Trinajstić information content (AvgIpc) is 3.39. The van der Waals surface area contributed by atoms with Crippen LogP contribution in [0.2, 0.25) is 5.02 Å². The summed E-state index contributed by atoms with van der Waals surface area (Å²) in [7, 11) is 1.74. The summed E-state index contributed by atoms with van der Waals surface area (Å²) < 4.78 is 17.3. The third-order valence-corrected chi connectivity index (χ3v) is 5.11. The third-order valence-electron chi connectivity index (χ3n) is 4.83. The van der Waals surface area contributed by atoms with Crippen molar-refractivity contribution in [3.63, 3.8) is 0 Å². The van der Waals surface area contributed by atoms with Gasteiger partial charge in [0.25, 0.3) is 5.56 Å². The average molecular weight is 369 g/mol. The van der Waals surface area contributed by atoms with Gasteiger partial charge in [0.2, 0.25) is 0 Å². The highest BCUT2D eigenvalue weighted by Crippen LogP contribution is 2.42. The lowest BCUT2D eigenvalue weighted by atomic mass is 10.1. The number of nitrogens with zero attached hydrogens (tertiary/aromatic N) is 4. The first kappa shape index (κ1) is 15.5. The molecule has 0 bridgehead atoms. The molecule has 0 amide bonds. The van der Waals surface area contributed by atoms with Crippen LogP contribution in [-0.2, 0) is 7.05 Å². The number of pyridine rings is 2. The van der Waals surface area contributed by atoms with Gasteiger partial charge in [-0.15, -0.1) is 0 Å². The Morgan fingerprint density at radius 3 is 2.85 bits per heavy atom. The SMILES string of the molecule is Cn1cc2c(n1)c(=O)n(-c1cccnc1C1CC1)c1cc(Cl)c(F)cc21. The minimum absolute atomic E-state index is 0.0225. The van der Waals surface area contributed by atoms with Crippen molar-refractivity contribution >= 4 is 33.4 Å². The highest BCUT2D eigenvalue weighted by atomic mass is 35.5. The van der Waals surface area contributed by atoms with Crippen molar-refractivity contribution in [2.24, 2.45) is 7.05 Å². The minimum Gasteiger partial charge on any atom is -0.274 e. The maximum absolute atomic E-state index is 14.2. The van der Waals surface area contributed by atoms with Crippen molar-refractivity contribution in [2.45, 2.75) is 18.8 Å². The molecule has 1 fully saturated rings. The van der Waals surface area contributed by atoms with Gasteiger partial charge in [0.1, 0.15) is 5.82 Å². The topological polar surface area (TPSA) is 52.7 Å². The Morgan fingerprint density at radius 1 is 1.27 bits per heavy atom. The molecule has 0 unspecified atom stereocenters. The summed E-state index contributed by atoms with van der Waals surface area (Å²) in [6, 6.07) is 6.54. The lowest BCUT2D eigenvalue weighted by molar-refractivity contribution is 0.630. The number of halogens is 2. The fraction of sp³-hybridized carbons (Fsp3) is 0.211. The lowest BCUT2D eigenvalue weighted by Crippen LogP contribution is -2.21. The number of hydrogen-bond acceptors (Lipinski definition) is 3. The molecule has 1 aliphatic carbocycles. The number of aromatic nitrogens is 4. The molecule has 0 atom stereocenters. The summed E-state index contributed by atoms with van der Waals surface area (Å²) in [6.45, 7) is 0. The van der Waals surface area contributed by atoms with Crippen LogP contribution in [0.5, 0.6) is 0 Å². The molecule has 0 saturated heterocycles. The van der Waals surface area contributed by atoms with Crippen LogP contribution in [0.4, 0.5) is 4.39 Å². The zero-order valence-corrected chi connectivity index (χ0v) is 14.7. The summed E-state index contributed by atoms with van der Waals surface area (Å²) in [5, 5.41) is 5.48. The molecule has 3 aromatic heterocycles. The van der Waals surface area contributed by atoms with Crippen molar-refractivity contribution in [1.29, 1.82) is 0 Å². The van der Waals surface area contributed by atoms with E-state index in [4.69, 9.17) is 11.6 Å². The molecule has 1 aromatic carbocycles. The summed E-state index contributed by atoms with van der Waals surface area (Å²) in [5.74, 6) is -0.174. The van der Waals surface area contributed by atoms with Crippen LogP contribution < -0.4 is 5.56 Å². The van der Waals surface area contributed by atoms with Crippen molar-refractivity contribution in [3.05, 3.63) is 63.5 Å². The van der Waals surface area contributed by atoms with Crippen LogP contribution in [0.1, 0.15) is 24.5 Å². The van der Waals surface area contributed by atoms with Gasteiger partial charge in [-0.1, -0.05) is 11.6 Å². The van der Waals surface area contributed by atoms with E-state index in [1.807, 2.05) is 6.07 Å². The van der Waals surface area contributed by atoms with E-state index in [0.29, 0.717) is 33.4 Å². The molecule has 130 valence electrons. The summed E-state index contributed by atoms with van der Waals surface area (Å²) >= 11 is 6.04. The normalized spacial score (nSPS) is 14.4. The van der Waals surface area contributed by atoms with Crippen LogP contribution in [0.3, 0.4) is 0 Å². The maximum Gasteiger partial charge on any atom is 0.284 e. The summed E-state index contributed by atoms with van der Waals surface area (Å²) in [6.07, 6.45) is 5.56. The van der Waals surface area contributed by atoms with Crippen molar-refractivity contribution in [3.8, 4) is 5.69 Å². The second-order valence-corrected chi connectivity index (χ2v) is 7.08. The van der Waals surface area contributed by atoms with E-state index < -0.39 is 5.82 Å². The molecule has 0 radical (unpaired) electrons. The van der Waals surface area contributed by atoms with Gasteiger partial charge in [-0.3, -0.25) is 19.0 Å². The van der Waals surface area contributed by atoms with Gasteiger partial charge < -0.3 is 0 Å². The van der Waals surface area contributed by atoms with Crippen LogP contribution in [-0.4, -0.2) is 19.3 Å². The molecule has 4 aromatic rings. The molecule has 7 heteroatoms. The van der Waals surface area contributed by atoms with Gasteiger partial charge in [0.05, 0.1) is 21.9 Å². The first-order valence-corrected chi connectivity index (χ1v) is 8.75. The minimum atomic E-state index is -0.525. The van der Waals surface area contributed by atoms with Crippen LogP contribution in [0.15, 0.2) is 41.5 Å². The monoisotopic (exact) mass is 368 g/mol. The molecule has 0 aliphatic heterocycles. The predicted molar refractivity (Wildman–Crippen MR) is 98.6 cm³/mol. The highest BCUT2D eigenvalue weighted by Gasteiger charge is 2.29. The van der Waals surface area contributed by atoms with Gasteiger partial charge in [-0.25, -0.2) is 4.39 Å². The Morgan fingerprint density at radius 2 is 2.08 bits per heavy atom. The number of hydrogen-bond donors (Lipinski definition) is 0. The largest absolute Gasteiger partial charge is 0.284 e. The standard InChI is InChI=1S/C19H14ClFN4O/c1-24-9-12-11-7-14(21)13(20)8-16(11)25(19(26)18(12)23-24)15-3-2-6-22-17(15)10-4-5-10/h2-3,6-10H,4-5H2,1H3. The van der Waals surface area contributed by atoms with E-state index in [9.17, 15) is 9.18 Å². The molecule has 0 N–H and O–H groups in total. The molecule has 1 saturated carbocycles. The van der Waals surface area contributed by atoms with Crippen LogP contribution in [0.25, 0.3) is 27.5 Å². The second kappa shape index (κ2) is 5.38. The van der Waals surface area contributed by atoms with Gasteiger partial charge in [-0.2, -0.15) is 5.10 Å². The number of benzene rings is 1. The fourth-order valence-electron chi connectivity index (χ4n) is 3.50. The number of rotatable bonds is 2. The Bertz CT molecular complexity index is 1260. The van der Waals surface area contributed by atoms with Gasteiger partial charge in [-0.05, 0) is 37.1 Å². The highest BCUT2D eigenvalue weighted by molar-refractivity contribution is 6.31. The van der Waals surface area contributed by atoms with E-state index in [1.165, 1.54) is 12.1 Å². The number of fused-ring (bicyclic) bond motifs is 3. The molecule has 0 spiro atoms. The molecular formula is C19H14ClFN4O. The first-order valence-electron chi connectivity index (χ1n) is 8.37. The van der Waals surface area contributed by atoms with Crippen molar-refractivity contribution in [2.75, 3.05) is 0 Å². The maximum atomic E-state index is 14.2. The summed E-state index contributed by atoms with van der Waals surface area (Å²) in [5.41, 5.74) is 2.18. The van der Waals surface area contributed by atoms with Crippen LogP contribution >= 0.6 is 11.6 Å². The lowest BCUT2D eigenvalue weighted by Gasteiger charge is -2.14. The van der Waals surface area contributed by atoms with E-state index in [-0.39, 0.29) is 10.6 Å². The summed E-state index contributed by atoms with van der Waals surface area (Å²) in [4.78, 5) is 17.8. The first-order chi connectivity index (χ1) is 12.5. The van der Waals surface area contributed by atoms with E-state index >= 15 is 0 Å². The van der Waals surface area contributed by atoms with Crippen molar-refractivity contribution < 1.29 is 4.39 Å². The zero-order valence-electron chi connectivity index (χ0n) is 13.9. The van der Waals surface area contributed by atoms with E-state index in [0.717, 1.165) is 18.5 Å². The Labute approximate surface area is 152 Å². The molecule has 5 rings (SSSR count). The third kappa shape index (κ3) is 2.18. The molecule has 26 heavy (non-hydrogen) atoms. The second-order valence-electron chi connectivity index (χ2n) is 6.67. The van der Waals surface area contributed by atoms with Crippen LogP contribution in [0, 0.1) is 5.82 Å². The number of aryl methyl sites for hydroxylation is 1. The fourth-order valence-corrected chi connectivity index (χ4v) is 3.66. The Hall–Kier alpha value is -2.73. The Kier molecular flexibility index (Phi) is 3.21. The molecule has 3 heterocycles. The van der Waals surface area contributed by atoms with Gasteiger partial charge >= 0.3 is 0 Å². The van der Waals surface area contributed by atoms with E-state index in [2.05, 4.69) is 10.1 Å². The van der Waals surface area contributed by atoms with E-state index in [1.54, 1.807) is 34.8 Å². The quantitative estimate of drug-likeness (QED) is 0.538. The molecular weight excluding hydrogens is 355 g/mol. The van der Waals surface area contributed by atoms with Gasteiger partial charge in [0, 0.05) is 36.1 Å². The molecule has 5 nitrogen and oxygen atoms in total. The smallest absolute Gasteiger partial charge is 0.274 e. The van der Waals surface area contributed by atoms with Crippen molar-refractivity contribution in [1.82, 2.24) is 19.3 Å². The zero-order chi connectivity index (χ0) is 18.0. The van der Waals surface area contributed by atoms with Gasteiger partial charge in [0.15, 0.2) is 5.52 Å². The molecule has 1 aliphatic rings. The Balaban J connectivity index is 2.00.